The molecule has 3 rings (SSSR count). The second-order valence-electron chi connectivity index (χ2n) is 6.24. The van der Waals surface area contributed by atoms with Crippen molar-refractivity contribution in [2.24, 2.45) is 0 Å². The summed E-state index contributed by atoms with van der Waals surface area (Å²) in [7, 11) is -4.48. The number of carboxylic acids is 1. The van der Waals surface area contributed by atoms with E-state index in [1.807, 2.05) is 4.90 Å². The number of halogens is 3. The Morgan fingerprint density at radius 3 is 2.43 bits per heavy atom. The fourth-order valence-corrected chi connectivity index (χ4v) is 5.02. The average Bonchev–Trinajstić information content (AvgIpc) is 2.67. The third-order valence-corrected chi connectivity index (χ3v) is 6.56. The number of sulfonamides is 1. The maximum atomic E-state index is 12.7. The van der Waals surface area contributed by atoms with Crippen LogP contribution < -0.4 is 14.4 Å². The van der Waals surface area contributed by atoms with E-state index in [9.17, 15) is 31.5 Å². The van der Waals surface area contributed by atoms with Crippen molar-refractivity contribution in [3.05, 3.63) is 48.0 Å². The lowest BCUT2D eigenvalue weighted by Crippen LogP contribution is -2.33. The van der Waals surface area contributed by atoms with Crippen molar-refractivity contribution < 1.29 is 36.2 Å². The number of carbonyl (C=O) groups is 1. The van der Waals surface area contributed by atoms with E-state index in [1.54, 1.807) is 11.8 Å². The van der Waals surface area contributed by atoms with E-state index in [-0.39, 0.29) is 11.3 Å². The van der Waals surface area contributed by atoms with E-state index in [0.717, 1.165) is 29.7 Å². The van der Waals surface area contributed by atoms with Gasteiger partial charge >= 0.3 is 12.3 Å². The summed E-state index contributed by atoms with van der Waals surface area (Å²) in [6.45, 7) is 1.30. The van der Waals surface area contributed by atoms with Crippen LogP contribution in [0.25, 0.3) is 0 Å². The second-order valence-corrected chi connectivity index (χ2v) is 9.11. The largest absolute Gasteiger partial charge is 0.573 e. The number of ether oxygens (including phenoxy) is 1. The number of anilines is 2. The van der Waals surface area contributed by atoms with Gasteiger partial charge in [-0.1, -0.05) is 12.1 Å². The molecule has 0 unspecified atom stereocenters. The lowest BCUT2D eigenvalue weighted by Gasteiger charge is -2.29. The summed E-state index contributed by atoms with van der Waals surface area (Å²) in [5.74, 6) is -0.462. The standard InChI is InChI=1S/C18H17F3N2O5S2/c19-18(20,21)28-15-3-1-2-4-16(15)30(26,27)22-12-5-6-14(13(11-12)17(24)25)23-7-9-29-10-8-23/h1-6,11,22H,7-10H2,(H,24,25). The fourth-order valence-electron chi connectivity index (χ4n) is 2.94. The molecular formula is C18H17F3N2O5S2. The van der Waals surface area contributed by atoms with E-state index < -0.39 is 33.0 Å². The molecule has 7 nitrogen and oxygen atoms in total. The number of nitrogens with zero attached hydrogens (tertiary/aromatic N) is 1. The molecule has 162 valence electrons. The number of para-hydroxylation sites is 1. The molecule has 1 heterocycles. The smallest absolute Gasteiger partial charge is 0.478 e. The normalized spacial score (nSPS) is 15.0. The van der Waals surface area contributed by atoms with Gasteiger partial charge in [0.2, 0.25) is 0 Å². The Hall–Kier alpha value is -2.60. The molecule has 0 saturated carbocycles. The maximum absolute atomic E-state index is 12.7. The lowest BCUT2D eigenvalue weighted by atomic mass is 10.1. The van der Waals surface area contributed by atoms with Crippen molar-refractivity contribution in [1.29, 1.82) is 0 Å². The lowest BCUT2D eigenvalue weighted by molar-refractivity contribution is -0.275. The number of hydrogen-bond acceptors (Lipinski definition) is 6. The molecule has 0 amide bonds. The van der Waals surface area contributed by atoms with Crippen molar-refractivity contribution in [3.8, 4) is 5.75 Å². The number of alkyl halides is 3. The predicted molar refractivity (Wildman–Crippen MR) is 107 cm³/mol. The highest BCUT2D eigenvalue weighted by Gasteiger charge is 2.34. The monoisotopic (exact) mass is 462 g/mol. The van der Waals surface area contributed by atoms with Crippen molar-refractivity contribution in [2.45, 2.75) is 11.3 Å². The van der Waals surface area contributed by atoms with Gasteiger partial charge in [-0.25, -0.2) is 13.2 Å². The van der Waals surface area contributed by atoms with Gasteiger partial charge in [0.15, 0.2) is 0 Å². The van der Waals surface area contributed by atoms with E-state index >= 15 is 0 Å². The summed E-state index contributed by atoms with van der Waals surface area (Å²) in [6.07, 6.45) is -5.07. The molecule has 12 heteroatoms. The minimum atomic E-state index is -5.07. The molecule has 0 atom stereocenters. The van der Waals surface area contributed by atoms with Gasteiger partial charge in [-0.05, 0) is 30.3 Å². The van der Waals surface area contributed by atoms with Crippen molar-refractivity contribution in [3.63, 3.8) is 0 Å². The van der Waals surface area contributed by atoms with Crippen LogP contribution in [0.5, 0.6) is 5.75 Å². The van der Waals surface area contributed by atoms with Crippen LogP contribution in [0.2, 0.25) is 0 Å². The van der Waals surface area contributed by atoms with Gasteiger partial charge in [-0.2, -0.15) is 11.8 Å². The van der Waals surface area contributed by atoms with E-state index in [1.165, 1.54) is 24.3 Å². The quantitative estimate of drug-likeness (QED) is 0.677. The third kappa shape index (κ3) is 5.30. The Morgan fingerprint density at radius 2 is 1.80 bits per heavy atom. The Labute approximate surface area is 174 Å². The zero-order valence-electron chi connectivity index (χ0n) is 15.3. The van der Waals surface area contributed by atoms with Gasteiger partial charge < -0.3 is 14.7 Å². The first-order valence-electron chi connectivity index (χ1n) is 8.64. The number of thioether (sulfide) groups is 1. The van der Waals surface area contributed by atoms with E-state index in [4.69, 9.17) is 0 Å². The Morgan fingerprint density at radius 1 is 1.13 bits per heavy atom. The SMILES string of the molecule is O=C(O)c1cc(NS(=O)(=O)c2ccccc2OC(F)(F)F)ccc1N1CCSCC1. The first-order valence-corrected chi connectivity index (χ1v) is 11.3. The van der Waals surface area contributed by atoms with Gasteiger partial charge in [0.05, 0.1) is 11.3 Å². The van der Waals surface area contributed by atoms with Crippen LogP contribution in [0.4, 0.5) is 24.5 Å². The molecule has 0 aromatic heterocycles. The molecule has 2 aromatic carbocycles. The van der Waals surface area contributed by atoms with Gasteiger partial charge in [-0.3, -0.25) is 4.72 Å². The molecule has 0 bridgehead atoms. The van der Waals surface area contributed by atoms with Crippen LogP contribution >= 0.6 is 11.8 Å². The number of hydrogen-bond donors (Lipinski definition) is 2. The predicted octanol–water partition coefficient (Wildman–Crippen LogP) is 3.64. The van der Waals surface area contributed by atoms with Crippen molar-refractivity contribution in [2.75, 3.05) is 34.2 Å². The molecule has 30 heavy (non-hydrogen) atoms. The average molecular weight is 462 g/mol. The molecule has 1 aliphatic rings. The van der Waals surface area contributed by atoms with Gasteiger partial charge in [-0.15, -0.1) is 13.2 Å². The Kier molecular flexibility index (Phi) is 6.36. The molecule has 0 spiro atoms. The van der Waals surface area contributed by atoms with Gasteiger partial charge in [0.25, 0.3) is 10.0 Å². The number of nitrogens with one attached hydrogen (secondary N) is 1. The van der Waals surface area contributed by atoms with Crippen LogP contribution in [-0.2, 0) is 10.0 Å². The Bertz CT molecular complexity index is 1040. The second kappa shape index (κ2) is 8.64. The summed E-state index contributed by atoms with van der Waals surface area (Å²) in [6, 6.07) is 8.28. The first kappa shape index (κ1) is 22.1. The van der Waals surface area contributed by atoms with Crippen LogP contribution in [0.3, 0.4) is 0 Å². The molecule has 1 saturated heterocycles. The summed E-state index contributed by atoms with van der Waals surface area (Å²) in [4.78, 5) is 12.9. The zero-order valence-corrected chi connectivity index (χ0v) is 17.0. The highest BCUT2D eigenvalue weighted by atomic mass is 32.2. The molecule has 2 aromatic rings. The topological polar surface area (TPSA) is 95.9 Å². The van der Waals surface area contributed by atoms with Crippen molar-refractivity contribution in [1.82, 2.24) is 0 Å². The molecule has 0 aliphatic carbocycles. The van der Waals surface area contributed by atoms with Crippen LogP contribution in [-0.4, -0.2) is 50.5 Å². The minimum absolute atomic E-state index is 0.0932. The molecule has 2 N–H and O–H groups in total. The summed E-state index contributed by atoms with van der Waals surface area (Å²) in [5, 5.41) is 9.55. The molecular weight excluding hydrogens is 445 g/mol. The number of carboxylic acid groups (broad SMARTS) is 1. The maximum Gasteiger partial charge on any atom is 0.573 e. The molecule has 1 fully saturated rings. The van der Waals surface area contributed by atoms with E-state index in [0.29, 0.717) is 18.8 Å². The summed E-state index contributed by atoms with van der Waals surface area (Å²) in [5.41, 5.74) is 0.248. The Balaban J connectivity index is 1.92. The summed E-state index contributed by atoms with van der Waals surface area (Å²) < 4.78 is 69.0. The van der Waals surface area contributed by atoms with Crippen LogP contribution in [0.1, 0.15) is 10.4 Å². The van der Waals surface area contributed by atoms with E-state index in [2.05, 4.69) is 9.46 Å². The molecule has 0 radical (unpaired) electrons. The van der Waals surface area contributed by atoms with Crippen LogP contribution in [0, 0.1) is 0 Å². The first-order chi connectivity index (χ1) is 14.1. The molecule has 1 aliphatic heterocycles. The zero-order chi connectivity index (χ0) is 21.9. The number of benzene rings is 2. The number of rotatable bonds is 6. The minimum Gasteiger partial charge on any atom is -0.478 e. The van der Waals surface area contributed by atoms with Crippen LogP contribution in [0.15, 0.2) is 47.4 Å². The van der Waals surface area contributed by atoms with Crippen molar-refractivity contribution >= 4 is 39.1 Å². The fraction of sp³-hybridized carbons (Fsp3) is 0.278. The number of aromatic carboxylic acids is 1. The summed E-state index contributed by atoms with van der Waals surface area (Å²) >= 11 is 1.75. The van der Waals surface area contributed by atoms with Gasteiger partial charge in [0, 0.05) is 30.3 Å². The van der Waals surface area contributed by atoms with Gasteiger partial charge in [0.1, 0.15) is 10.6 Å². The third-order valence-electron chi connectivity index (χ3n) is 4.20. The highest BCUT2D eigenvalue weighted by Crippen LogP contribution is 2.32. The highest BCUT2D eigenvalue weighted by molar-refractivity contribution is 7.99.